The van der Waals surface area contributed by atoms with Gasteiger partial charge in [0.1, 0.15) is 30.2 Å². The second kappa shape index (κ2) is 22.5. The molecule has 1 heterocycles. The highest BCUT2D eigenvalue weighted by Crippen LogP contribution is 2.21. The Morgan fingerprint density at radius 3 is 1.81 bits per heavy atom. The third kappa shape index (κ3) is 13.9. The zero-order valence-corrected chi connectivity index (χ0v) is 34.7. The topological polar surface area (TPSA) is 175 Å². The first-order valence-electron chi connectivity index (χ1n) is 19.9. The summed E-state index contributed by atoms with van der Waals surface area (Å²) in [6.45, 7) is 7.59. The van der Waals surface area contributed by atoms with Gasteiger partial charge >= 0.3 is 6.09 Å². The van der Waals surface area contributed by atoms with Crippen LogP contribution in [0.3, 0.4) is 0 Å². The van der Waals surface area contributed by atoms with E-state index in [1.54, 1.807) is 38.1 Å². The standard InChI is InChI=1S/C44H57ClN6O7/c1-28(2)25-34-40(53)49-35(26-30-17-9-6-10-18-30)43(56)51(5)36(27-31-19-11-7-12-20-31)41(54)47-33(39(52)50-37(29(3)4)42(55)48-34)23-15-16-24-46-44(57)58-38(45)32-21-13-8-14-22-32/h6-14,17-22,28-29,33-38H,15-16,23-27H2,1-5H3,(H,46,57)(H,47,54)(H,48,55)(H,49,53)(H,50,52)/t33-,34-,35-,36-,37-,38?/m0/s1. The van der Waals surface area contributed by atoms with Gasteiger partial charge in [-0.05, 0) is 48.6 Å². The summed E-state index contributed by atoms with van der Waals surface area (Å²) in [5.41, 5.74) is 1.22. The van der Waals surface area contributed by atoms with Gasteiger partial charge in [-0.2, -0.15) is 0 Å². The van der Waals surface area contributed by atoms with Crippen molar-refractivity contribution in [3.8, 4) is 0 Å². The van der Waals surface area contributed by atoms with E-state index in [-0.39, 0.29) is 44.1 Å². The molecule has 6 atom stereocenters. The van der Waals surface area contributed by atoms with Gasteiger partial charge in [0.05, 0.1) is 0 Å². The molecule has 6 amide bonds. The summed E-state index contributed by atoms with van der Waals surface area (Å²) in [5.74, 6) is -3.20. The largest absolute Gasteiger partial charge is 0.425 e. The molecule has 1 aliphatic rings. The molecule has 1 saturated heterocycles. The van der Waals surface area contributed by atoms with Crippen LogP contribution in [0.4, 0.5) is 4.79 Å². The van der Waals surface area contributed by atoms with E-state index >= 15 is 0 Å². The summed E-state index contributed by atoms with van der Waals surface area (Å²) in [6.07, 6.45) is 0.763. The molecule has 312 valence electrons. The number of nitrogens with one attached hydrogen (secondary N) is 5. The van der Waals surface area contributed by atoms with Gasteiger partial charge in [-0.25, -0.2) is 4.79 Å². The highest BCUT2D eigenvalue weighted by molar-refractivity contribution is 6.20. The molecule has 0 aliphatic carbocycles. The van der Waals surface area contributed by atoms with Crippen molar-refractivity contribution in [3.05, 3.63) is 108 Å². The third-order valence-corrected chi connectivity index (χ3v) is 10.3. The van der Waals surface area contributed by atoms with Crippen LogP contribution >= 0.6 is 11.6 Å². The van der Waals surface area contributed by atoms with Gasteiger partial charge in [-0.3, -0.25) is 24.0 Å². The van der Waals surface area contributed by atoms with E-state index in [0.29, 0.717) is 18.4 Å². The number of alkyl halides is 1. The maximum atomic E-state index is 14.5. The fourth-order valence-electron chi connectivity index (χ4n) is 6.73. The number of hydrogen-bond donors (Lipinski definition) is 5. The fourth-order valence-corrected chi connectivity index (χ4v) is 6.95. The zero-order chi connectivity index (χ0) is 42.2. The van der Waals surface area contributed by atoms with Crippen molar-refractivity contribution in [1.29, 1.82) is 0 Å². The number of amides is 6. The normalized spacial score (nSPS) is 21.6. The van der Waals surface area contributed by atoms with Gasteiger partial charge < -0.3 is 36.2 Å². The smallest absolute Gasteiger partial charge is 0.408 e. The number of benzene rings is 3. The number of carbonyl (C=O) groups is 6. The molecule has 0 spiro atoms. The van der Waals surface area contributed by atoms with E-state index in [0.717, 1.165) is 11.1 Å². The quantitative estimate of drug-likeness (QED) is 0.115. The van der Waals surface area contributed by atoms with Crippen LogP contribution in [0.1, 0.15) is 75.6 Å². The molecule has 58 heavy (non-hydrogen) atoms. The highest BCUT2D eigenvalue weighted by Gasteiger charge is 2.38. The first-order valence-corrected chi connectivity index (χ1v) is 20.4. The first-order chi connectivity index (χ1) is 27.7. The molecule has 1 unspecified atom stereocenters. The fraction of sp³-hybridized carbons (Fsp3) is 0.455. The second-order valence-electron chi connectivity index (χ2n) is 15.4. The average Bonchev–Trinajstić information content (AvgIpc) is 3.20. The summed E-state index contributed by atoms with van der Waals surface area (Å²) in [5, 5.41) is 14.2. The van der Waals surface area contributed by atoms with E-state index in [9.17, 15) is 28.8 Å². The Labute approximate surface area is 346 Å². The molecular formula is C44H57ClN6O7. The lowest BCUT2D eigenvalue weighted by Crippen LogP contribution is -2.59. The summed E-state index contributed by atoms with van der Waals surface area (Å²) in [4.78, 5) is 84.7. The number of likely N-dealkylation sites (N-methyl/N-ethyl adjacent to an activating group) is 1. The van der Waals surface area contributed by atoms with Crippen molar-refractivity contribution in [2.75, 3.05) is 13.6 Å². The molecule has 3 aromatic carbocycles. The van der Waals surface area contributed by atoms with Crippen LogP contribution < -0.4 is 26.6 Å². The van der Waals surface area contributed by atoms with Crippen LogP contribution in [0, 0.1) is 11.8 Å². The second-order valence-corrected chi connectivity index (χ2v) is 15.8. The van der Waals surface area contributed by atoms with Gasteiger partial charge in [0, 0.05) is 32.0 Å². The summed E-state index contributed by atoms with van der Waals surface area (Å²) in [7, 11) is 1.52. The van der Waals surface area contributed by atoms with Crippen LogP contribution in [-0.2, 0) is 41.6 Å². The van der Waals surface area contributed by atoms with E-state index in [1.807, 2.05) is 80.6 Å². The van der Waals surface area contributed by atoms with Crippen molar-refractivity contribution in [2.24, 2.45) is 11.8 Å². The number of unbranched alkanes of at least 4 members (excludes halogenated alkanes) is 1. The van der Waals surface area contributed by atoms with Gasteiger partial charge in [0.25, 0.3) is 0 Å². The monoisotopic (exact) mass is 816 g/mol. The lowest BCUT2D eigenvalue weighted by Gasteiger charge is -2.32. The number of nitrogens with zero attached hydrogens (tertiary/aromatic N) is 1. The first kappa shape index (κ1) is 45.3. The Balaban J connectivity index is 1.63. The van der Waals surface area contributed by atoms with Crippen molar-refractivity contribution >= 4 is 47.2 Å². The van der Waals surface area contributed by atoms with E-state index < -0.39 is 71.4 Å². The van der Waals surface area contributed by atoms with Gasteiger partial charge in [0.15, 0.2) is 0 Å². The van der Waals surface area contributed by atoms with Crippen LogP contribution in [0.2, 0.25) is 0 Å². The minimum atomic E-state index is -1.11. The number of carbonyl (C=O) groups excluding carboxylic acids is 6. The highest BCUT2D eigenvalue weighted by atomic mass is 35.5. The zero-order valence-electron chi connectivity index (χ0n) is 33.9. The number of hydrogen-bond acceptors (Lipinski definition) is 7. The van der Waals surface area contributed by atoms with E-state index in [1.165, 1.54) is 11.9 Å². The number of rotatable bonds is 14. The average molecular weight is 817 g/mol. The van der Waals surface area contributed by atoms with Crippen LogP contribution in [0.25, 0.3) is 0 Å². The molecule has 4 rings (SSSR count). The Kier molecular flexibility index (Phi) is 17.6. The maximum Gasteiger partial charge on any atom is 0.408 e. The molecule has 0 radical (unpaired) electrons. The van der Waals surface area contributed by atoms with Crippen molar-refractivity contribution in [2.45, 2.75) is 102 Å². The molecule has 3 aromatic rings. The minimum Gasteiger partial charge on any atom is -0.425 e. The number of ether oxygens (including phenoxy) is 1. The summed E-state index contributed by atoms with van der Waals surface area (Å²) in [6, 6.07) is 22.0. The SMILES string of the molecule is CC(C)C[C@@H]1NC(=O)[C@H](C(C)C)NC(=O)[C@H](CCCCNC(=O)OC(Cl)c2ccccc2)NC(=O)[C@H](Cc2ccccc2)N(C)C(=O)[C@H](Cc2ccccc2)NC1=O. The molecule has 1 fully saturated rings. The minimum absolute atomic E-state index is 0.00537. The molecular weight excluding hydrogens is 760 g/mol. The van der Waals surface area contributed by atoms with Gasteiger partial charge in [-0.15, -0.1) is 0 Å². The van der Waals surface area contributed by atoms with Crippen molar-refractivity contribution < 1.29 is 33.5 Å². The predicted molar refractivity (Wildman–Crippen MR) is 222 cm³/mol. The Morgan fingerprint density at radius 1 is 0.690 bits per heavy atom. The molecule has 0 bridgehead atoms. The molecule has 5 N–H and O–H groups in total. The maximum absolute atomic E-state index is 14.5. The Hall–Kier alpha value is -5.43. The van der Waals surface area contributed by atoms with E-state index in [2.05, 4.69) is 26.6 Å². The molecule has 13 nitrogen and oxygen atoms in total. The Morgan fingerprint density at radius 2 is 1.22 bits per heavy atom. The molecule has 1 aliphatic heterocycles. The molecule has 0 saturated carbocycles. The van der Waals surface area contributed by atoms with Gasteiger partial charge in [-0.1, -0.05) is 130 Å². The third-order valence-electron chi connectivity index (χ3n) is 9.97. The van der Waals surface area contributed by atoms with E-state index in [4.69, 9.17) is 16.3 Å². The van der Waals surface area contributed by atoms with Crippen LogP contribution in [0.15, 0.2) is 91.0 Å². The predicted octanol–water partition coefficient (Wildman–Crippen LogP) is 4.79. The summed E-state index contributed by atoms with van der Waals surface area (Å²) < 4.78 is 5.27. The number of halogens is 1. The summed E-state index contributed by atoms with van der Waals surface area (Å²) >= 11 is 6.24. The lowest BCUT2D eigenvalue weighted by atomic mass is 9.98. The van der Waals surface area contributed by atoms with Crippen molar-refractivity contribution in [3.63, 3.8) is 0 Å². The lowest BCUT2D eigenvalue weighted by molar-refractivity contribution is -0.142. The van der Waals surface area contributed by atoms with Gasteiger partial charge in [0.2, 0.25) is 35.1 Å². The van der Waals surface area contributed by atoms with Crippen molar-refractivity contribution in [1.82, 2.24) is 31.5 Å². The number of alkyl carbamates (subject to hydrolysis) is 1. The van der Waals surface area contributed by atoms with Crippen LogP contribution in [-0.4, -0.2) is 84.3 Å². The molecule has 0 aromatic heterocycles. The van der Waals surface area contributed by atoms with Crippen LogP contribution in [0.5, 0.6) is 0 Å². The Bertz CT molecular complexity index is 1810. The molecule has 14 heteroatoms.